The van der Waals surface area contributed by atoms with Crippen LogP contribution in [-0.4, -0.2) is 35.9 Å². The molecule has 2 aromatic rings. The summed E-state index contributed by atoms with van der Waals surface area (Å²) in [6, 6.07) is 2.02. The van der Waals surface area contributed by atoms with Crippen molar-refractivity contribution in [1.82, 2.24) is 24.8 Å². The Morgan fingerprint density at radius 1 is 1.40 bits per heavy atom. The maximum Gasteiger partial charge on any atom is 0.303 e. The Hall–Kier alpha value is -2.18. The van der Waals surface area contributed by atoms with Crippen molar-refractivity contribution < 1.29 is 9.90 Å². The van der Waals surface area contributed by atoms with E-state index in [2.05, 4.69) is 15.4 Å². The van der Waals surface area contributed by atoms with Gasteiger partial charge in [-0.1, -0.05) is 5.21 Å². The first-order valence-corrected chi connectivity index (χ1v) is 6.65. The fraction of sp³-hybridized carbons (Fsp3) is 0.538. The number of rotatable bonds is 7. The van der Waals surface area contributed by atoms with Crippen molar-refractivity contribution in [3.05, 3.63) is 29.3 Å². The molecule has 7 nitrogen and oxygen atoms in total. The number of aryl methyl sites for hydroxylation is 3. The van der Waals surface area contributed by atoms with Gasteiger partial charge in [-0.05, 0) is 32.3 Å². The maximum atomic E-state index is 10.4. The van der Waals surface area contributed by atoms with Crippen LogP contribution in [0.3, 0.4) is 0 Å². The average molecular weight is 277 g/mol. The topological polar surface area (TPSA) is 85.8 Å². The molecular weight excluding hydrogens is 258 g/mol. The molecule has 108 valence electrons. The number of hydrogen-bond donors (Lipinski definition) is 1. The Labute approximate surface area is 117 Å². The van der Waals surface area contributed by atoms with Crippen LogP contribution in [-0.2, 0) is 24.8 Å². The first-order chi connectivity index (χ1) is 9.54. The van der Waals surface area contributed by atoms with Gasteiger partial charge in [-0.15, -0.1) is 5.10 Å². The molecule has 0 saturated carbocycles. The third-order valence-electron chi connectivity index (χ3n) is 3.08. The fourth-order valence-corrected chi connectivity index (χ4v) is 2.09. The highest BCUT2D eigenvalue weighted by Gasteiger charge is 2.06. The molecule has 0 aliphatic rings. The highest BCUT2D eigenvalue weighted by molar-refractivity contribution is 5.66. The second-order valence-corrected chi connectivity index (χ2v) is 4.91. The number of carboxylic acid groups (broad SMARTS) is 1. The number of nitrogens with zero attached hydrogens (tertiary/aromatic N) is 5. The number of carboxylic acids is 1. The molecule has 0 aliphatic heterocycles. The van der Waals surface area contributed by atoms with Gasteiger partial charge in [0.2, 0.25) is 0 Å². The molecule has 0 aromatic carbocycles. The van der Waals surface area contributed by atoms with E-state index < -0.39 is 5.97 Å². The van der Waals surface area contributed by atoms with Gasteiger partial charge >= 0.3 is 5.97 Å². The van der Waals surface area contributed by atoms with Crippen LogP contribution in [0.1, 0.15) is 36.3 Å². The van der Waals surface area contributed by atoms with Gasteiger partial charge in [-0.3, -0.25) is 9.48 Å². The van der Waals surface area contributed by atoms with E-state index in [-0.39, 0.29) is 6.42 Å². The third kappa shape index (κ3) is 3.91. The molecule has 0 fully saturated rings. The largest absolute Gasteiger partial charge is 0.481 e. The molecule has 1 N–H and O–H groups in total. The van der Waals surface area contributed by atoms with Crippen LogP contribution in [0, 0.1) is 6.92 Å². The second kappa shape index (κ2) is 6.31. The number of carbonyl (C=O) groups is 1. The van der Waals surface area contributed by atoms with E-state index >= 15 is 0 Å². The monoisotopic (exact) mass is 277 g/mol. The zero-order valence-corrected chi connectivity index (χ0v) is 11.8. The first-order valence-electron chi connectivity index (χ1n) is 6.65. The molecule has 2 aromatic heterocycles. The number of hydrogen-bond acceptors (Lipinski definition) is 4. The Kier molecular flexibility index (Phi) is 4.49. The summed E-state index contributed by atoms with van der Waals surface area (Å²) in [6.07, 6.45) is 4.36. The van der Waals surface area contributed by atoms with Crippen LogP contribution in [0.5, 0.6) is 0 Å². The van der Waals surface area contributed by atoms with Gasteiger partial charge in [0.15, 0.2) is 0 Å². The lowest BCUT2D eigenvalue weighted by molar-refractivity contribution is -0.137. The van der Waals surface area contributed by atoms with Crippen LogP contribution >= 0.6 is 0 Å². The molecule has 0 amide bonds. The minimum absolute atomic E-state index is 0.211. The van der Waals surface area contributed by atoms with Crippen LogP contribution < -0.4 is 0 Å². The lowest BCUT2D eigenvalue weighted by Crippen LogP contribution is -2.06. The van der Waals surface area contributed by atoms with Crippen molar-refractivity contribution in [2.75, 3.05) is 0 Å². The minimum atomic E-state index is -0.750. The average Bonchev–Trinajstić information content (AvgIpc) is 2.93. The molecule has 20 heavy (non-hydrogen) atoms. The van der Waals surface area contributed by atoms with Crippen LogP contribution in [0.15, 0.2) is 12.3 Å². The summed E-state index contributed by atoms with van der Waals surface area (Å²) in [5.41, 5.74) is 2.95. The maximum absolute atomic E-state index is 10.4. The molecule has 0 atom stereocenters. The second-order valence-electron chi connectivity index (χ2n) is 4.91. The molecule has 0 unspecified atom stereocenters. The molecule has 7 heteroatoms. The lowest BCUT2D eigenvalue weighted by atomic mass is 10.1. The van der Waals surface area contributed by atoms with Crippen LogP contribution in [0.2, 0.25) is 0 Å². The number of unbranched alkanes of at least 4 members (excludes halogenated alkanes) is 1. The Balaban J connectivity index is 1.86. The number of aromatic nitrogens is 5. The molecular formula is C13H19N5O2. The summed E-state index contributed by atoms with van der Waals surface area (Å²) < 4.78 is 3.62. The third-order valence-corrected chi connectivity index (χ3v) is 3.08. The highest BCUT2D eigenvalue weighted by Crippen LogP contribution is 2.07. The highest BCUT2D eigenvalue weighted by atomic mass is 16.4. The SMILES string of the molecule is Cc1cc(Cn2cc(CCCCC(=O)O)nn2)n(C)n1. The van der Waals surface area contributed by atoms with Crippen molar-refractivity contribution in [1.29, 1.82) is 0 Å². The zero-order chi connectivity index (χ0) is 14.5. The van der Waals surface area contributed by atoms with E-state index in [1.807, 2.05) is 30.9 Å². The van der Waals surface area contributed by atoms with Gasteiger partial charge in [0.05, 0.1) is 23.6 Å². The summed E-state index contributed by atoms with van der Waals surface area (Å²) >= 11 is 0. The smallest absolute Gasteiger partial charge is 0.303 e. The van der Waals surface area contributed by atoms with E-state index in [0.717, 1.165) is 29.9 Å². The van der Waals surface area contributed by atoms with Crippen molar-refractivity contribution in [2.24, 2.45) is 7.05 Å². The summed E-state index contributed by atoms with van der Waals surface area (Å²) in [7, 11) is 1.91. The van der Waals surface area contributed by atoms with E-state index in [1.165, 1.54) is 0 Å². The molecule has 0 spiro atoms. The summed E-state index contributed by atoms with van der Waals surface area (Å²) in [5, 5.41) is 21.0. The van der Waals surface area contributed by atoms with Crippen LogP contribution in [0.25, 0.3) is 0 Å². The van der Waals surface area contributed by atoms with E-state index in [1.54, 1.807) is 4.68 Å². The Morgan fingerprint density at radius 2 is 2.20 bits per heavy atom. The van der Waals surface area contributed by atoms with Crippen molar-refractivity contribution >= 4 is 5.97 Å². The Morgan fingerprint density at radius 3 is 2.85 bits per heavy atom. The molecule has 2 rings (SSSR count). The van der Waals surface area contributed by atoms with Gasteiger partial charge in [-0.25, -0.2) is 4.68 Å². The van der Waals surface area contributed by atoms with Crippen molar-refractivity contribution in [2.45, 2.75) is 39.2 Å². The first kappa shape index (κ1) is 14.2. The van der Waals surface area contributed by atoms with Crippen molar-refractivity contribution in [3.63, 3.8) is 0 Å². The van der Waals surface area contributed by atoms with E-state index in [0.29, 0.717) is 13.0 Å². The van der Waals surface area contributed by atoms with E-state index in [4.69, 9.17) is 5.11 Å². The summed E-state index contributed by atoms with van der Waals surface area (Å²) in [6.45, 7) is 2.60. The Bertz CT molecular complexity index is 587. The van der Waals surface area contributed by atoms with Gasteiger partial charge in [0.1, 0.15) is 0 Å². The summed E-state index contributed by atoms with van der Waals surface area (Å²) in [5.74, 6) is -0.750. The summed E-state index contributed by atoms with van der Waals surface area (Å²) in [4.78, 5) is 10.4. The van der Waals surface area contributed by atoms with Crippen LogP contribution in [0.4, 0.5) is 0 Å². The predicted molar refractivity (Wildman–Crippen MR) is 72.3 cm³/mol. The molecule has 0 radical (unpaired) electrons. The van der Waals surface area contributed by atoms with Gasteiger partial charge in [0, 0.05) is 19.7 Å². The number of aliphatic carboxylic acids is 1. The molecule has 0 bridgehead atoms. The van der Waals surface area contributed by atoms with Crippen molar-refractivity contribution in [3.8, 4) is 0 Å². The van der Waals surface area contributed by atoms with E-state index in [9.17, 15) is 4.79 Å². The molecule has 2 heterocycles. The quantitative estimate of drug-likeness (QED) is 0.768. The van der Waals surface area contributed by atoms with Gasteiger partial charge in [-0.2, -0.15) is 5.10 Å². The van der Waals surface area contributed by atoms with Gasteiger partial charge in [0.25, 0.3) is 0 Å². The van der Waals surface area contributed by atoms with Gasteiger partial charge < -0.3 is 5.11 Å². The lowest BCUT2D eigenvalue weighted by Gasteiger charge is -2.00. The standard InChI is InChI=1S/C13H19N5O2/c1-10-7-12(17(2)15-10)9-18-8-11(14-16-18)5-3-4-6-13(19)20/h7-8H,3-6,9H2,1-2H3,(H,19,20). The predicted octanol–water partition coefficient (Wildman–Crippen LogP) is 1.17. The normalized spacial score (nSPS) is 10.9. The fourth-order valence-electron chi connectivity index (χ4n) is 2.09. The molecule has 0 aliphatic carbocycles. The minimum Gasteiger partial charge on any atom is -0.481 e. The zero-order valence-electron chi connectivity index (χ0n) is 11.8. The molecule has 0 saturated heterocycles.